The molecule has 11 heteroatoms. The topological polar surface area (TPSA) is 91.2 Å². The summed E-state index contributed by atoms with van der Waals surface area (Å²) in [6.45, 7) is 4.41. The first-order valence-electron chi connectivity index (χ1n) is 15.1. The Morgan fingerprint density at radius 1 is 0.979 bits per heavy atom. The van der Waals surface area contributed by atoms with Crippen molar-refractivity contribution in [2.24, 2.45) is 4.99 Å². The lowest BCUT2D eigenvalue weighted by atomic mass is 9.95. The van der Waals surface area contributed by atoms with Gasteiger partial charge in [0.05, 0.1) is 45.6 Å². The predicted molar refractivity (Wildman–Crippen MR) is 190 cm³/mol. The molecule has 0 fully saturated rings. The molecule has 1 aliphatic heterocycles. The minimum absolute atomic E-state index is 0.191. The first kappa shape index (κ1) is 33.1. The van der Waals surface area contributed by atoms with Gasteiger partial charge in [-0.05, 0) is 73.5 Å². The average molecular weight is 701 g/mol. The molecule has 4 aromatic carbocycles. The Morgan fingerprint density at radius 3 is 2.46 bits per heavy atom. The molecule has 244 valence electrons. The van der Waals surface area contributed by atoms with E-state index in [2.05, 4.69) is 5.32 Å². The monoisotopic (exact) mass is 699 g/mol. The highest BCUT2D eigenvalue weighted by Gasteiger charge is 2.32. The number of para-hydroxylation sites is 2. The van der Waals surface area contributed by atoms with Gasteiger partial charge < -0.3 is 19.5 Å². The molecule has 1 N–H and O–H groups in total. The van der Waals surface area contributed by atoms with E-state index in [1.807, 2.05) is 79.7 Å². The maximum Gasteiger partial charge on any atom is 0.271 e. The molecule has 0 saturated carbocycles. The van der Waals surface area contributed by atoms with Crippen LogP contribution >= 0.6 is 34.5 Å². The highest BCUT2D eigenvalue weighted by atomic mass is 35.5. The number of ether oxygens (including phenoxy) is 3. The maximum absolute atomic E-state index is 14.3. The second kappa shape index (κ2) is 14.5. The quantitative estimate of drug-likeness (QED) is 0.167. The van der Waals surface area contributed by atoms with Gasteiger partial charge in [0, 0.05) is 11.3 Å². The van der Waals surface area contributed by atoms with Gasteiger partial charge >= 0.3 is 0 Å². The lowest BCUT2D eigenvalue weighted by Crippen LogP contribution is -2.40. The van der Waals surface area contributed by atoms with Crippen LogP contribution in [0.3, 0.4) is 0 Å². The number of benzene rings is 4. The Morgan fingerprint density at radius 2 is 1.75 bits per heavy atom. The second-order valence-corrected chi connectivity index (χ2v) is 12.6. The third-order valence-corrected chi connectivity index (χ3v) is 9.41. The molecule has 0 aliphatic carbocycles. The average Bonchev–Trinajstić information content (AvgIpc) is 3.39. The number of methoxy groups -OCH3 is 1. The van der Waals surface area contributed by atoms with Crippen LogP contribution in [0.15, 0.2) is 112 Å². The van der Waals surface area contributed by atoms with Crippen LogP contribution in [0.5, 0.6) is 17.2 Å². The summed E-state index contributed by atoms with van der Waals surface area (Å²) in [7, 11) is 1.56. The van der Waals surface area contributed by atoms with Crippen LogP contribution < -0.4 is 34.4 Å². The Bertz CT molecular complexity index is 2200. The second-order valence-electron chi connectivity index (χ2n) is 10.8. The van der Waals surface area contributed by atoms with Gasteiger partial charge in [-0.1, -0.05) is 83.1 Å². The molecule has 1 atom stereocenters. The summed E-state index contributed by atoms with van der Waals surface area (Å²) < 4.78 is 19.5. The normalized spacial score (nSPS) is 14.3. The smallest absolute Gasteiger partial charge is 0.271 e. The highest BCUT2D eigenvalue weighted by Crippen LogP contribution is 2.34. The highest BCUT2D eigenvalue weighted by molar-refractivity contribution is 7.07. The fraction of sp³-hybridized carbons (Fsp3) is 0.162. The zero-order chi connectivity index (χ0) is 33.8. The van der Waals surface area contributed by atoms with Crippen molar-refractivity contribution in [2.45, 2.75) is 26.5 Å². The van der Waals surface area contributed by atoms with Crippen LogP contribution in [-0.4, -0.2) is 24.2 Å². The molecule has 0 saturated heterocycles. The van der Waals surface area contributed by atoms with Crippen molar-refractivity contribution in [3.63, 3.8) is 0 Å². The van der Waals surface area contributed by atoms with Crippen molar-refractivity contribution < 1.29 is 19.0 Å². The number of hydrogen-bond donors (Lipinski definition) is 1. The van der Waals surface area contributed by atoms with Gasteiger partial charge in [-0.3, -0.25) is 14.2 Å². The van der Waals surface area contributed by atoms with E-state index in [1.54, 1.807) is 42.9 Å². The number of fused-ring (bicyclic) bond motifs is 1. The Hall–Kier alpha value is -4.83. The first-order valence-corrected chi connectivity index (χ1v) is 16.7. The van der Waals surface area contributed by atoms with Gasteiger partial charge in [-0.2, -0.15) is 0 Å². The molecule has 2 heterocycles. The van der Waals surface area contributed by atoms with E-state index in [-0.39, 0.29) is 18.1 Å². The van der Waals surface area contributed by atoms with Crippen molar-refractivity contribution in [1.82, 2.24) is 4.57 Å². The number of allylic oxidation sites excluding steroid dienone is 1. The van der Waals surface area contributed by atoms with E-state index in [4.69, 9.17) is 42.4 Å². The van der Waals surface area contributed by atoms with Crippen LogP contribution in [-0.2, 0) is 11.4 Å². The van der Waals surface area contributed by atoms with Gasteiger partial charge in [0.25, 0.3) is 11.5 Å². The van der Waals surface area contributed by atoms with Gasteiger partial charge in [0.2, 0.25) is 0 Å². The molecule has 1 aromatic heterocycles. The molecule has 48 heavy (non-hydrogen) atoms. The number of hydrogen-bond acceptors (Lipinski definition) is 7. The van der Waals surface area contributed by atoms with Crippen molar-refractivity contribution in [1.29, 1.82) is 0 Å². The molecular weight excluding hydrogens is 669 g/mol. The van der Waals surface area contributed by atoms with Gasteiger partial charge in [-0.15, -0.1) is 0 Å². The molecule has 0 radical (unpaired) electrons. The third-order valence-electron chi connectivity index (χ3n) is 7.69. The standard InChI is InChI=1S/C37H31Cl2N3O5S/c1-4-46-27-16-14-24(15-17-27)33-32(35(43)41-26-10-6-5-7-11-26)22(2)40-37-42(33)36(44)31(48-37)20-25-9-8-12-30(45-3)34(25)47-21-23-13-18-28(38)29(39)19-23/h5-20,33H,4,21H2,1-3H3,(H,41,43)/b31-20-/t33-/m1/s1. The number of anilines is 1. The lowest BCUT2D eigenvalue weighted by molar-refractivity contribution is -0.113. The molecule has 0 spiro atoms. The molecule has 8 nitrogen and oxygen atoms in total. The van der Waals surface area contributed by atoms with Gasteiger partial charge in [-0.25, -0.2) is 4.99 Å². The van der Waals surface area contributed by atoms with Gasteiger partial charge in [0.15, 0.2) is 16.3 Å². The summed E-state index contributed by atoms with van der Waals surface area (Å²) in [6.07, 6.45) is 1.76. The largest absolute Gasteiger partial charge is 0.494 e. The summed E-state index contributed by atoms with van der Waals surface area (Å²) in [5.41, 5.74) is 3.41. The van der Waals surface area contributed by atoms with Crippen LogP contribution in [0, 0.1) is 0 Å². The molecule has 1 amide bonds. The number of nitrogens with zero attached hydrogens (tertiary/aromatic N) is 2. The molecule has 0 unspecified atom stereocenters. The first-order chi connectivity index (χ1) is 23.3. The van der Waals surface area contributed by atoms with Crippen molar-refractivity contribution >= 4 is 52.2 Å². The minimum Gasteiger partial charge on any atom is -0.494 e. The van der Waals surface area contributed by atoms with Crippen LogP contribution in [0.25, 0.3) is 6.08 Å². The number of thiazole rings is 1. The molecule has 6 rings (SSSR count). The Labute approximate surface area is 291 Å². The summed E-state index contributed by atoms with van der Waals surface area (Å²) in [6, 6.07) is 26.6. The van der Waals surface area contributed by atoms with E-state index in [0.29, 0.717) is 65.8 Å². The van der Waals surface area contributed by atoms with E-state index in [0.717, 1.165) is 11.1 Å². The molecule has 1 aliphatic rings. The van der Waals surface area contributed by atoms with Crippen LogP contribution in [0.2, 0.25) is 10.0 Å². The van der Waals surface area contributed by atoms with Crippen molar-refractivity contribution in [3.8, 4) is 17.2 Å². The summed E-state index contributed by atoms with van der Waals surface area (Å²) in [5.74, 6) is 1.30. The van der Waals surface area contributed by atoms with Crippen molar-refractivity contribution in [2.75, 3.05) is 19.0 Å². The number of rotatable bonds is 10. The fourth-order valence-corrected chi connectivity index (χ4v) is 6.81. The number of halogens is 2. The molecule has 5 aromatic rings. The lowest BCUT2D eigenvalue weighted by Gasteiger charge is -2.25. The minimum atomic E-state index is -0.738. The van der Waals surface area contributed by atoms with E-state index < -0.39 is 6.04 Å². The Balaban J connectivity index is 1.44. The van der Waals surface area contributed by atoms with E-state index in [1.165, 1.54) is 11.3 Å². The van der Waals surface area contributed by atoms with Crippen molar-refractivity contribution in [3.05, 3.63) is 149 Å². The Kier molecular flexibility index (Phi) is 10.0. The number of carbonyl (C=O) groups is 1. The number of amides is 1. The molecule has 0 bridgehead atoms. The van der Waals surface area contributed by atoms with E-state index >= 15 is 0 Å². The summed E-state index contributed by atoms with van der Waals surface area (Å²) in [5, 5.41) is 3.85. The number of carbonyl (C=O) groups excluding carboxylic acids is 1. The predicted octanol–water partition coefficient (Wildman–Crippen LogP) is 7.17. The summed E-state index contributed by atoms with van der Waals surface area (Å²) >= 11 is 13.6. The van der Waals surface area contributed by atoms with E-state index in [9.17, 15) is 9.59 Å². The third kappa shape index (κ3) is 6.89. The SMILES string of the molecule is CCOc1ccc([C@@H]2C(C(=O)Nc3ccccc3)=C(C)N=c3s/c(=C\c4cccc(OC)c4OCc4ccc(Cl)c(Cl)c4)c(=O)n32)cc1. The van der Waals surface area contributed by atoms with Gasteiger partial charge in [0.1, 0.15) is 12.4 Å². The maximum atomic E-state index is 14.3. The zero-order valence-electron chi connectivity index (χ0n) is 26.3. The van der Waals surface area contributed by atoms with Crippen LogP contribution in [0.1, 0.15) is 36.6 Å². The number of aromatic nitrogens is 1. The fourth-order valence-electron chi connectivity index (χ4n) is 5.45. The number of nitrogens with one attached hydrogen (secondary N) is 1. The molecular formula is C37H31Cl2N3O5S. The summed E-state index contributed by atoms with van der Waals surface area (Å²) in [4.78, 5) is 33.4. The zero-order valence-corrected chi connectivity index (χ0v) is 28.7. The van der Waals surface area contributed by atoms with Crippen LogP contribution in [0.4, 0.5) is 5.69 Å².